The number of halogens is 1. The molecular formula is C20H29ClN4O3. The molecule has 154 valence electrons. The molecule has 1 saturated heterocycles. The van der Waals surface area contributed by atoms with E-state index < -0.39 is 0 Å². The van der Waals surface area contributed by atoms with Crippen LogP contribution in [-0.2, 0) is 11.2 Å². The van der Waals surface area contributed by atoms with E-state index in [1.165, 1.54) is 0 Å². The lowest BCUT2D eigenvalue weighted by Crippen LogP contribution is -2.45. The van der Waals surface area contributed by atoms with Gasteiger partial charge >= 0.3 is 0 Å². The predicted molar refractivity (Wildman–Crippen MR) is 109 cm³/mol. The first-order valence-electron chi connectivity index (χ1n) is 9.66. The molecule has 0 aliphatic carbocycles. The summed E-state index contributed by atoms with van der Waals surface area (Å²) in [6.07, 6.45) is 2.93. The SMILES string of the molecule is CCOc1ccc(-c2noc(CCC(=O)N3CCCC(C(C)N)C3)n2)cc1.Cl. The number of amides is 1. The van der Waals surface area contributed by atoms with E-state index in [1.807, 2.05) is 43.0 Å². The third-order valence-electron chi connectivity index (χ3n) is 5.00. The van der Waals surface area contributed by atoms with Gasteiger partial charge in [0, 0.05) is 37.5 Å². The highest BCUT2D eigenvalue weighted by atomic mass is 35.5. The van der Waals surface area contributed by atoms with Crippen LogP contribution in [0.3, 0.4) is 0 Å². The largest absolute Gasteiger partial charge is 0.494 e. The van der Waals surface area contributed by atoms with Gasteiger partial charge in [-0.25, -0.2) is 0 Å². The standard InChI is InChI=1S/C20H28N4O3.ClH/c1-3-26-17-8-6-15(7-9-17)20-22-18(27-23-20)10-11-19(25)24-12-4-5-16(13-24)14(2)21;/h6-9,14,16H,3-5,10-13,21H2,1-2H3;1H. The molecule has 1 fully saturated rings. The summed E-state index contributed by atoms with van der Waals surface area (Å²) in [5.74, 6) is 2.32. The minimum absolute atomic E-state index is 0. The second-order valence-corrected chi connectivity index (χ2v) is 7.07. The first-order chi connectivity index (χ1) is 13.1. The Labute approximate surface area is 172 Å². The summed E-state index contributed by atoms with van der Waals surface area (Å²) in [5, 5.41) is 4.02. The number of aryl methyl sites for hydroxylation is 1. The van der Waals surface area contributed by atoms with Crippen LogP contribution in [-0.4, -0.2) is 46.7 Å². The van der Waals surface area contributed by atoms with E-state index in [-0.39, 0.29) is 24.4 Å². The second-order valence-electron chi connectivity index (χ2n) is 7.07. The van der Waals surface area contributed by atoms with Crippen molar-refractivity contribution in [1.29, 1.82) is 0 Å². The van der Waals surface area contributed by atoms with E-state index >= 15 is 0 Å². The van der Waals surface area contributed by atoms with Crippen molar-refractivity contribution in [2.75, 3.05) is 19.7 Å². The lowest BCUT2D eigenvalue weighted by Gasteiger charge is -2.34. The van der Waals surface area contributed by atoms with Gasteiger partial charge in [-0.3, -0.25) is 4.79 Å². The highest BCUT2D eigenvalue weighted by molar-refractivity contribution is 5.85. The Kier molecular flexibility index (Phi) is 8.26. The van der Waals surface area contributed by atoms with E-state index in [4.69, 9.17) is 15.0 Å². The Bertz CT molecular complexity index is 748. The smallest absolute Gasteiger partial charge is 0.227 e. The summed E-state index contributed by atoms with van der Waals surface area (Å²) in [6.45, 7) is 6.14. The van der Waals surface area contributed by atoms with Gasteiger partial charge in [-0.05, 0) is 56.9 Å². The molecule has 1 aliphatic rings. The molecule has 2 aromatic rings. The zero-order chi connectivity index (χ0) is 19.2. The average Bonchev–Trinajstić information content (AvgIpc) is 3.16. The van der Waals surface area contributed by atoms with Gasteiger partial charge in [0.15, 0.2) is 0 Å². The quantitative estimate of drug-likeness (QED) is 0.756. The molecule has 1 amide bonds. The van der Waals surface area contributed by atoms with Crippen LogP contribution in [0.1, 0.15) is 39.0 Å². The Morgan fingerprint density at radius 1 is 1.39 bits per heavy atom. The van der Waals surface area contributed by atoms with Gasteiger partial charge in [0.05, 0.1) is 6.61 Å². The molecule has 1 aromatic carbocycles. The number of carbonyl (C=O) groups excluding carboxylic acids is 1. The minimum Gasteiger partial charge on any atom is -0.494 e. The average molecular weight is 409 g/mol. The zero-order valence-electron chi connectivity index (χ0n) is 16.5. The van der Waals surface area contributed by atoms with Crippen LogP contribution in [0.25, 0.3) is 11.4 Å². The molecule has 8 heteroatoms. The number of hydrogen-bond donors (Lipinski definition) is 1. The molecule has 1 aromatic heterocycles. The van der Waals surface area contributed by atoms with E-state index in [2.05, 4.69) is 10.1 Å². The topological polar surface area (TPSA) is 94.5 Å². The van der Waals surface area contributed by atoms with Crippen LogP contribution >= 0.6 is 12.4 Å². The maximum absolute atomic E-state index is 12.5. The molecule has 2 heterocycles. The van der Waals surface area contributed by atoms with Crippen LogP contribution in [0.5, 0.6) is 5.75 Å². The zero-order valence-corrected chi connectivity index (χ0v) is 17.3. The van der Waals surface area contributed by atoms with Crippen LogP contribution in [0, 0.1) is 5.92 Å². The Morgan fingerprint density at radius 3 is 2.82 bits per heavy atom. The number of aromatic nitrogens is 2. The fraction of sp³-hybridized carbons (Fsp3) is 0.550. The first-order valence-corrected chi connectivity index (χ1v) is 9.66. The molecule has 1 aliphatic heterocycles. The lowest BCUT2D eigenvalue weighted by molar-refractivity contribution is -0.133. The number of ether oxygens (including phenoxy) is 1. The first kappa shape index (κ1) is 22.2. The van der Waals surface area contributed by atoms with Crippen LogP contribution in [0.2, 0.25) is 0 Å². The van der Waals surface area contributed by atoms with Crippen molar-refractivity contribution in [3.63, 3.8) is 0 Å². The lowest BCUT2D eigenvalue weighted by atomic mass is 9.92. The molecule has 3 rings (SSSR count). The number of nitrogens with zero attached hydrogens (tertiary/aromatic N) is 3. The van der Waals surface area contributed by atoms with Crippen LogP contribution in [0.4, 0.5) is 0 Å². The van der Waals surface area contributed by atoms with E-state index in [0.717, 1.165) is 37.2 Å². The number of likely N-dealkylation sites (tertiary alicyclic amines) is 1. The van der Waals surface area contributed by atoms with Crippen molar-refractivity contribution >= 4 is 18.3 Å². The van der Waals surface area contributed by atoms with Gasteiger partial charge < -0.3 is 19.9 Å². The molecule has 7 nitrogen and oxygen atoms in total. The van der Waals surface area contributed by atoms with Gasteiger partial charge in [0.2, 0.25) is 17.6 Å². The monoisotopic (exact) mass is 408 g/mol. The van der Waals surface area contributed by atoms with Crippen molar-refractivity contribution in [3.05, 3.63) is 30.2 Å². The predicted octanol–water partition coefficient (Wildman–Crippen LogP) is 3.08. The Hall–Kier alpha value is -2.12. The number of hydrogen-bond acceptors (Lipinski definition) is 6. The number of carbonyl (C=O) groups is 1. The van der Waals surface area contributed by atoms with Crippen molar-refractivity contribution in [3.8, 4) is 17.1 Å². The highest BCUT2D eigenvalue weighted by Crippen LogP contribution is 2.22. The van der Waals surface area contributed by atoms with Gasteiger partial charge in [0.1, 0.15) is 5.75 Å². The maximum atomic E-state index is 12.5. The van der Waals surface area contributed by atoms with Crippen molar-refractivity contribution in [1.82, 2.24) is 15.0 Å². The molecule has 28 heavy (non-hydrogen) atoms. The molecule has 0 saturated carbocycles. The van der Waals surface area contributed by atoms with Gasteiger partial charge in [0.25, 0.3) is 0 Å². The fourth-order valence-electron chi connectivity index (χ4n) is 3.38. The van der Waals surface area contributed by atoms with Crippen molar-refractivity contribution in [2.24, 2.45) is 11.7 Å². The molecule has 2 atom stereocenters. The molecule has 0 bridgehead atoms. The second kappa shape index (κ2) is 10.4. The third kappa shape index (κ3) is 5.69. The van der Waals surface area contributed by atoms with Crippen LogP contribution in [0.15, 0.2) is 28.8 Å². The maximum Gasteiger partial charge on any atom is 0.227 e. The number of nitrogens with two attached hydrogens (primary N) is 1. The number of rotatable bonds is 7. The molecule has 0 spiro atoms. The van der Waals surface area contributed by atoms with Gasteiger partial charge in [-0.1, -0.05) is 5.16 Å². The van der Waals surface area contributed by atoms with Crippen molar-refractivity contribution in [2.45, 2.75) is 45.6 Å². The molecule has 2 N–H and O–H groups in total. The Morgan fingerprint density at radius 2 is 2.14 bits per heavy atom. The third-order valence-corrected chi connectivity index (χ3v) is 5.00. The molecular weight excluding hydrogens is 380 g/mol. The van der Waals surface area contributed by atoms with E-state index in [0.29, 0.717) is 37.1 Å². The molecule has 0 radical (unpaired) electrons. The number of benzene rings is 1. The summed E-state index contributed by atoms with van der Waals surface area (Å²) < 4.78 is 10.7. The summed E-state index contributed by atoms with van der Waals surface area (Å²) in [4.78, 5) is 18.8. The summed E-state index contributed by atoms with van der Waals surface area (Å²) in [7, 11) is 0. The van der Waals surface area contributed by atoms with E-state index in [9.17, 15) is 4.79 Å². The van der Waals surface area contributed by atoms with Crippen LogP contribution < -0.4 is 10.5 Å². The Balaban J connectivity index is 0.00000280. The summed E-state index contributed by atoms with van der Waals surface area (Å²) in [5.41, 5.74) is 6.86. The van der Waals surface area contributed by atoms with E-state index in [1.54, 1.807) is 0 Å². The highest BCUT2D eigenvalue weighted by Gasteiger charge is 2.25. The molecule has 2 unspecified atom stereocenters. The van der Waals surface area contributed by atoms with Crippen molar-refractivity contribution < 1.29 is 14.1 Å². The van der Waals surface area contributed by atoms with Gasteiger partial charge in [-0.2, -0.15) is 4.98 Å². The van der Waals surface area contributed by atoms with Gasteiger partial charge in [-0.15, -0.1) is 12.4 Å². The summed E-state index contributed by atoms with van der Waals surface area (Å²) in [6, 6.07) is 7.67. The fourth-order valence-corrected chi connectivity index (χ4v) is 3.38. The number of piperidine rings is 1. The minimum atomic E-state index is 0. The summed E-state index contributed by atoms with van der Waals surface area (Å²) >= 11 is 0. The normalized spacial score (nSPS) is 17.7.